The highest BCUT2D eigenvalue weighted by Gasteiger charge is 2.24. The summed E-state index contributed by atoms with van der Waals surface area (Å²) in [5.41, 5.74) is 2.58. The van der Waals surface area contributed by atoms with Gasteiger partial charge < -0.3 is 9.88 Å². The highest BCUT2D eigenvalue weighted by Crippen LogP contribution is 2.32. The SMILES string of the molecule is CN(C)C1CCc2[nH]c3c(F)cc(F)cc3c2C1. The van der Waals surface area contributed by atoms with E-state index in [1.165, 1.54) is 6.07 Å². The summed E-state index contributed by atoms with van der Waals surface area (Å²) in [5.74, 6) is -1.01. The number of halogens is 2. The van der Waals surface area contributed by atoms with Gasteiger partial charge in [0.05, 0.1) is 5.52 Å². The van der Waals surface area contributed by atoms with Gasteiger partial charge in [0.25, 0.3) is 0 Å². The molecule has 96 valence electrons. The summed E-state index contributed by atoms with van der Waals surface area (Å²) in [5, 5.41) is 0.703. The number of rotatable bonds is 1. The minimum absolute atomic E-state index is 0.445. The fraction of sp³-hybridized carbons (Fsp3) is 0.429. The molecule has 18 heavy (non-hydrogen) atoms. The molecule has 1 unspecified atom stereocenters. The van der Waals surface area contributed by atoms with Crippen molar-refractivity contribution in [3.05, 3.63) is 35.0 Å². The molecule has 2 nitrogen and oxygen atoms in total. The third kappa shape index (κ3) is 1.72. The van der Waals surface area contributed by atoms with E-state index in [9.17, 15) is 8.78 Å². The van der Waals surface area contributed by atoms with Crippen molar-refractivity contribution in [2.24, 2.45) is 0 Å². The van der Waals surface area contributed by atoms with Crippen LogP contribution in [0.5, 0.6) is 0 Å². The van der Waals surface area contributed by atoms with E-state index in [1.807, 2.05) is 14.1 Å². The highest BCUT2D eigenvalue weighted by molar-refractivity contribution is 5.85. The summed E-state index contributed by atoms with van der Waals surface area (Å²) in [7, 11) is 4.09. The van der Waals surface area contributed by atoms with Gasteiger partial charge in [0.15, 0.2) is 0 Å². The zero-order valence-electron chi connectivity index (χ0n) is 10.6. The summed E-state index contributed by atoms with van der Waals surface area (Å²) >= 11 is 0. The number of benzene rings is 1. The second-order valence-electron chi connectivity index (χ2n) is 5.25. The molecule has 3 rings (SSSR count). The maximum absolute atomic E-state index is 13.7. The predicted octanol–water partition coefficient (Wildman–Crippen LogP) is 2.87. The van der Waals surface area contributed by atoms with Crippen molar-refractivity contribution in [1.82, 2.24) is 9.88 Å². The monoisotopic (exact) mass is 250 g/mol. The van der Waals surface area contributed by atoms with Crippen molar-refractivity contribution in [2.75, 3.05) is 14.1 Å². The zero-order valence-corrected chi connectivity index (χ0v) is 10.6. The Bertz CT molecular complexity index is 601. The first-order valence-corrected chi connectivity index (χ1v) is 6.21. The molecule has 0 saturated carbocycles. The summed E-state index contributed by atoms with van der Waals surface area (Å²) in [6.45, 7) is 0. The Balaban J connectivity index is 2.15. The Morgan fingerprint density at radius 3 is 2.78 bits per heavy atom. The van der Waals surface area contributed by atoms with Crippen LogP contribution in [0.4, 0.5) is 8.78 Å². The molecule has 0 fully saturated rings. The van der Waals surface area contributed by atoms with Crippen molar-refractivity contribution in [3.63, 3.8) is 0 Å². The number of fused-ring (bicyclic) bond motifs is 3. The van der Waals surface area contributed by atoms with Crippen LogP contribution in [-0.2, 0) is 12.8 Å². The summed E-state index contributed by atoms with van der Waals surface area (Å²) in [6.07, 6.45) is 2.80. The summed E-state index contributed by atoms with van der Waals surface area (Å²) in [6, 6.07) is 2.82. The van der Waals surface area contributed by atoms with Crippen LogP contribution in [0, 0.1) is 11.6 Å². The number of H-pyrrole nitrogens is 1. The Labute approximate surface area is 105 Å². The molecule has 0 bridgehead atoms. The molecule has 0 spiro atoms. The fourth-order valence-corrected chi connectivity index (χ4v) is 2.86. The molecule has 1 aromatic heterocycles. The van der Waals surface area contributed by atoms with E-state index in [2.05, 4.69) is 9.88 Å². The largest absolute Gasteiger partial charge is 0.356 e. The van der Waals surface area contributed by atoms with Crippen LogP contribution in [0.1, 0.15) is 17.7 Å². The van der Waals surface area contributed by atoms with Crippen molar-refractivity contribution in [2.45, 2.75) is 25.3 Å². The molecule has 1 aliphatic rings. The third-order valence-corrected chi connectivity index (χ3v) is 3.92. The van der Waals surface area contributed by atoms with Crippen molar-refractivity contribution in [1.29, 1.82) is 0 Å². The Morgan fingerprint density at radius 1 is 1.28 bits per heavy atom. The average molecular weight is 250 g/mol. The molecule has 4 heteroatoms. The Morgan fingerprint density at radius 2 is 2.06 bits per heavy atom. The lowest BCUT2D eigenvalue weighted by molar-refractivity contribution is 0.268. The van der Waals surface area contributed by atoms with Gasteiger partial charge in [0.2, 0.25) is 0 Å². The lowest BCUT2D eigenvalue weighted by Gasteiger charge is -2.28. The molecule has 0 amide bonds. The molecule has 2 aromatic rings. The van der Waals surface area contributed by atoms with Gasteiger partial charge in [-0.05, 0) is 45.0 Å². The molecular formula is C14H16F2N2. The van der Waals surface area contributed by atoms with Crippen LogP contribution in [0.25, 0.3) is 10.9 Å². The number of nitrogens with zero attached hydrogens (tertiary/aromatic N) is 1. The van der Waals surface area contributed by atoms with E-state index in [1.54, 1.807) is 0 Å². The molecule has 0 radical (unpaired) electrons. The maximum atomic E-state index is 13.7. The van der Waals surface area contributed by atoms with Crippen LogP contribution in [0.3, 0.4) is 0 Å². The normalized spacial score (nSPS) is 19.5. The smallest absolute Gasteiger partial charge is 0.150 e. The number of hydrogen-bond acceptors (Lipinski definition) is 1. The van der Waals surface area contributed by atoms with Crippen molar-refractivity contribution < 1.29 is 8.78 Å². The van der Waals surface area contributed by atoms with Crippen LogP contribution in [0.15, 0.2) is 12.1 Å². The van der Waals surface area contributed by atoms with Gasteiger partial charge in [0.1, 0.15) is 11.6 Å². The first kappa shape index (κ1) is 11.7. The second kappa shape index (κ2) is 4.05. The van der Waals surface area contributed by atoms with E-state index in [0.29, 0.717) is 16.9 Å². The minimum atomic E-state index is -0.506. The fourth-order valence-electron chi connectivity index (χ4n) is 2.86. The number of aromatic amines is 1. The summed E-state index contributed by atoms with van der Waals surface area (Å²) in [4.78, 5) is 5.29. The third-order valence-electron chi connectivity index (χ3n) is 3.92. The second-order valence-corrected chi connectivity index (χ2v) is 5.25. The van der Waals surface area contributed by atoms with Crippen molar-refractivity contribution in [3.8, 4) is 0 Å². The van der Waals surface area contributed by atoms with Gasteiger partial charge in [-0.1, -0.05) is 0 Å². The van der Waals surface area contributed by atoms with Crippen LogP contribution >= 0.6 is 0 Å². The Kier molecular flexibility index (Phi) is 2.63. The van der Waals surface area contributed by atoms with Gasteiger partial charge >= 0.3 is 0 Å². The number of likely N-dealkylation sites (N-methyl/N-ethyl adjacent to an activating group) is 1. The van der Waals surface area contributed by atoms with Gasteiger partial charge in [-0.15, -0.1) is 0 Å². The zero-order chi connectivity index (χ0) is 12.9. The minimum Gasteiger partial charge on any atom is -0.356 e. The first-order valence-electron chi connectivity index (χ1n) is 6.21. The van der Waals surface area contributed by atoms with Crippen molar-refractivity contribution >= 4 is 10.9 Å². The standard InChI is InChI=1S/C14H16F2N2/c1-18(2)9-3-4-13-10(7-9)11-5-8(15)6-12(16)14(11)17-13/h5-6,9,17H,3-4,7H2,1-2H3. The van der Waals surface area contributed by atoms with E-state index in [4.69, 9.17) is 0 Å². The Hall–Kier alpha value is -1.42. The van der Waals surface area contributed by atoms with E-state index in [0.717, 1.165) is 36.6 Å². The van der Waals surface area contributed by atoms with Crippen LogP contribution in [-0.4, -0.2) is 30.0 Å². The predicted molar refractivity (Wildman–Crippen MR) is 67.7 cm³/mol. The maximum Gasteiger partial charge on any atom is 0.150 e. The molecule has 1 heterocycles. The quantitative estimate of drug-likeness (QED) is 0.824. The highest BCUT2D eigenvalue weighted by atomic mass is 19.1. The van der Waals surface area contributed by atoms with E-state index < -0.39 is 11.6 Å². The van der Waals surface area contributed by atoms with E-state index >= 15 is 0 Å². The topological polar surface area (TPSA) is 19.0 Å². The number of hydrogen-bond donors (Lipinski definition) is 1. The molecular weight excluding hydrogens is 234 g/mol. The number of aromatic nitrogens is 1. The molecule has 0 saturated heterocycles. The number of aryl methyl sites for hydroxylation is 1. The summed E-state index contributed by atoms with van der Waals surface area (Å²) < 4.78 is 27.0. The molecule has 1 N–H and O–H groups in total. The molecule has 1 atom stereocenters. The van der Waals surface area contributed by atoms with Gasteiger partial charge in [-0.3, -0.25) is 0 Å². The first-order chi connectivity index (χ1) is 8.56. The van der Waals surface area contributed by atoms with E-state index in [-0.39, 0.29) is 0 Å². The van der Waals surface area contributed by atoms with Gasteiger partial charge in [0, 0.05) is 23.2 Å². The number of nitrogens with one attached hydrogen (secondary N) is 1. The lowest BCUT2D eigenvalue weighted by Crippen LogP contribution is -2.33. The molecule has 1 aliphatic carbocycles. The molecule has 0 aliphatic heterocycles. The van der Waals surface area contributed by atoms with Crippen LogP contribution < -0.4 is 0 Å². The lowest BCUT2D eigenvalue weighted by atomic mass is 9.91. The van der Waals surface area contributed by atoms with Gasteiger partial charge in [-0.25, -0.2) is 8.78 Å². The van der Waals surface area contributed by atoms with Crippen LogP contribution in [0.2, 0.25) is 0 Å². The van der Waals surface area contributed by atoms with Gasteiger partial charge in [-0.2, -0.15) is 0 Å². The molecule has 1 aromatic carbocycles. The average Bonchev–Trinajstić information content (AvgIpc) is 2.67.